The first-order valence-electron chi connectivity index (χ1n) is 5.89. The molecule has 0 amide bonds. The van der Waals surface area contributed by atoms with Gasteiger partial charge in [-0.15, -0.1) is 0 Å². The molecule has 0 bridgehead atoms. The third-order valence-electron chi connectivity index (χ3n) is 2.76. The van der Waals surface area contributed by atoms with Gasteiger partial charge in [0.15, 0.2) is 0 Å². The maximum atomic E-state index is 5.63. The molecule has 0 aliphatic heterocycles. The van der Waals surface area contributed by atoms with Gasteiger partial charge in [0, 0.05) is 7.92 Å². The van der Waals surface area contributed by atoms with Crippen molar-refractivity contribution in [3.8, 4) is 0 Å². The molecule has 0 unspecified atom stereocenters. The average Bonchev–Trinajstić information content (AvgIpc) is 2.95. The highest BCUT2D eigenvalue weighted by atomic mass is 31.1. The van der Waals surface area contributed by atoms with Gasteiger partial charge in [-0.3, -0.25) is 0 Å². The van der Waals surface area contributed by atoms with Crippen molar-refractivity contribution in [1.82, 2.24) is 0 Å². The van der Waals surface area contributed by atoms with Crippen LogP contribution in [0.2, 0.25) is 0 Å². The molecule has 18 heavy (non-hydrogen) atoms. The minimum atomic E-state index is -0.576. The van der Waals surface area contributed by atoms with E-state index in [-0.39, 0.29) is 0 Å². The number of hydrogen-bond donors (Lipinski definition) is 0. The number of rotatable bonds is 3. The van der Waals surface area contributed by atoms with E-state index < -0.39 is 7.92 Å². The lowest BCUT2D eigenvalue weighted by Gasteiger charge is -2.15. The highest BCUT2D eigenvalue weighted by molar-refractivity contribution is 7.79. The van der Waals surface area contributed by atoms with Gasteiger partial charge in [-0.2, -0.15) is 0 Å². The van der Waals surface area contributed by atoms with Crippen molar-refractivity contribution in [2.45, 2.75) is 0 Å². The van der Waals surface area contributed by atoms with Crippen molar-refractivity contribution in [1.29, 1.82) is 0 Å². The van der Waals surface area contributed by atoms with Crippen molar-refractivity contribution in [3.05, 3.63) is 79.1 Å². The Morgan fingerprint density at radius 3 is 1.61 bits per heavy atom. The van der Waals surface area contributed by atoms with Crippen molar-refractivity contribution in [3.63, 3.8) is 0 Å². The molecule has 1 aromatic heterocycles. The highest BCUT2D eigenvalue weighted by Crippen LogP contribution is 2.32. The molecule has 0 fully saturated rings. The number of furan rings is 1. The molecule has 0 atom stereocenters. The summed E-state index contributed by atoms with van der Waals surface area (Å²) in [5.74, 6) is 0. The minimum Gasteiger partial charge on any atom is -0.464 e. The van der Waals surface area contributed by atoms with Gasteiger partial charge in [0.05, 0.1) is 6.26 Å². The predicted molar refractivity (Wildman–Crippen MR) is 77.4 cm³/mol. The average molecular weight is 252 g/mol. The zero-order chi connectivity index (χ0) is 12.2. The standard InChI is InChI=1S/C16H13OP/c1-3-8-14(9-4-1)18(16-12-7-13-17-16)15-10-5-2-6-11-15/h1-13H. The van der Waals surface area contributed by atoms with E-state index in [0.29, 0.717) is 0 Å². The lowest BCUT2D eigenvalue weighted by atomic mass is 10.4. The van der Waals surface area contributed by atoms with Gasteiger partial charge in [-0.1, -0.05) is 60.7 Å². The van der Waals surface area contributed by atoms with E-state index >= 15 is 0 Å². The van der Waals surface area contributed by atoms with E-state index in [2.05, 4.69) is 54.6 Å². The minimum absolute atomic E-state index is 0.576. The van der Waals surface area contributed by atoms with Crippen LogP contribution in [0.4, 0.5) is 0 Å². The summed E-state index contributed by atoms with van der Waals surface area (Å²) >= 11 is 0. The van der Waals surface area contributed by atoms with Crippen LogP contribution in [-0.4, -0.2) is 0 Å². The maximum absolute atomic E-state index is 5.63. The fourth-order valence-corrected chi connectivity index (χ4v) is 4.10. The molecule has 0 radical (unpaired) electrons. The zero-order valence-electron chi connectivity index (χ0n) is 9.86. The summed E-state index contributed by atoms with van der Waals surface area (Å²) in [6, 6.07) is 25.1. The SMILES string of the molecule is c1ccc(P(c2ccccc2)c2ccco2)cc1. The van der Waals surface area contributed by atoms with Gasteiger partial charge >= 0.3 is 0 Å². The number of benzene rings is 2. The molecule has 3 rings (SSSR count). The van der Waals surface area contributed by atoms with E-state index in [4.69, 9.17) is 4.42 Å². The van der Waals surface area contributed by atoms with Crippen LogP contribution in [0.15, 0.2) is 83.5 Å². The molecular formula is C16H13OP. The quantitative estimate of drug-likeness (QED) is 0.653. The lowest BCUT2D eigenvalue weighted by molar-refractivity contribution is 0.603. The number of hydrogen-bond acceptors (Lipinski definition) is 1. The van der Waals surface area contributed by atoms with Crippen molar-refractivity contribution >= 4 is 24.0 Å². The maximum Gasteiger partial charge on any atom is 0.134 e. The molecular weight excluding hydrogens is 239 g/mol. The second kappa shape index (κ2) is 5.20. The summed E-state index contributed by atoms with van der Waals surface area (Å²) in [4.78, 5) is 0. The summed E-state index contributed by atoms with van der Waals surface area (Å²) in [7, 11) is -0.576. The monoisotopic (exact) mass is 252 g/mol. The topological polar surface area (TPSA) is 13.1 Å². The van der Waals surface area contributed by atoms with Crippen molar-refractivity contribution in [2.24, 2.45) is 0 Å². The van der Waals surface area contributed by atoms with Gasteiger partial charge in [0.1, 0.15) is 5.50 Å². The van der Waals surface area contributed by atoms with Crippen LogP contribution in [0.5, 0.6) is 0 Å². The molecule has 88 valence electrons. The second-order valence-electron chi connectivity index (χ2n) is 3.96. The Morgan fingerprint density at radius 2 is 1.17 bits per heavy atom. The summed E-state index contributed by atoms with van der Waals surface area (Å²) in [6.07, 6.45) is 1.75. The predicted octanol–water partition coefficient (Wildman–Crippen LogP) is 3.04. The third kappa shape index (κ3) is 2.23. The molecule has 3 aromatic rings. The fraction of sp³-hybridized carbons (Fsp3) is 0. The first-order chi connectivity index (χ1) is 8.95. The molecule has 0 spiro atoms. The lowest BCUT2D eigenvalue weighted by Crippen LogP contribution is -2.19. The zero-order valence-corrected chi connectivity index (χ0v) is 10.8. The van der Waals surface area contributed by atoms with Gasteiger partial charge in [0.25, 0.3) is 0 Å². The van der Waals surface area contributed by atoms with E-state index in [0.717, 1.165) is 5.50 Å². The largest absolute Gasteiger partial charge is 0.464 e. The molecule has 1 nitrogen and oxygen atoms in total. The Balaban J connectivity index is 2.11. The normalized spacial score (nSPS) is 10.7. The third-order valence-corrected chi connectivity index (χ3v) is 5.08. The first-order valence-corrected chi connectivity index (χ1v) is 7.23. The van der Waals surface area contributed by atoms with Crippen molar-refractivity contribution in [2.75, 3.05) is 0 Å². The molecule has 1 heterocycles. The van der Waals surface area contributed by atoms with Crippen LogP contribution >= 0.6 is 7.92 Å². The molecule has 2 aromatic carbocycles. The van der Waals surface area contributed by atoms with Gasteiger partial charge < -0.3 is 4.42 Å². The fourth-order valence-electron chi connectivity index (χ4n) is 1.95. The van der Waals surface area contributed by atoms with Gasteiger partial charge in [0.2, 0.25) is 0 Å². The van der Waals surface area contributed by atoms with Gasteiger partial charge in [-0.05, 0) is 22.7 Å². The Hall–Kier alpha value is -1.85. The molecule has 0 aliphatic carbocycles. The summed E-state index contributed by atoms with van der Waals surface area (Å²) in [5, 5.41) is 2.63. The van der Waals surface area contributed by atoms with Crippen LogP contribution in [0.25, 0.3) is 0 Å². The molecule has 0 saturated carbocycles. The Labute approximate surface area is 108 Å². The Kier molecular flexibility index (Phi) is 3.25. The molecule has 0 saturated heterocycles. The van der Waals surface area contributed by atoms with Crippen LogP contribution in [0.1, 0.15) is 0 Å². The Morgan fingerprint density at radius 1 is 0.611 bits per heavy atom. The molecule has 0 aliphatic rings. The molecule has 0 N–H and O–H groups in total. The van der Waals surface area contributed by atoms with Gasteiger partial charge in [-0.25, -0.2) is 0 Å². The van der Waals surface area contributed by atoms with Crippen LogP contribution in [0, 0.1) is 0 Å². The Bertz CT molecular complexity index is 548. The van der Waals surface area contributed by atoms with E-state index in [1.54, 1.807) is 6.26 Å². The second-order valence-corrected chi connectivity index (χ2v) is 6.10. The van der Waals surface area contributed by atoms with E-state index in [1.165, 1.54) is 10.6 Å². The summed E-state index contributed by atoms with van der Waals surface area (Å²) in [6.45, 7) is 0. The van der Waals surface area contributed by atoms with E-state index in [9.17, 15) is 0 Å². The molecule has 2 heteroatoms. The van der Waals surface area contributed by atoms with Crippen LogP contribution in [0.3, 0.4) is 0 Å². The first kappa shape index (κ1) is 11.3. The van der Waals surface area contributed by atoms with Crippen molar-refractivity contribution < 1.29 is 4.42 Å². The van der Waals surface area contributed by atoms with Crippen LogP contribution < -0.4 is 16.1 Å². The highest BCUT2D eigenvalue weighted by Gasteiger charge is 2.18. The van der Waals surface area contributed by atoms with E-state index in [1.807, 2.05) is 18.2 Å². The van der Waals surface area contributed by atoms with Crippen LogP contribution in [-0.2, 0) is 0 Å². The summed E-state index contributed by atoms with van der Waals surface area (Å²) < 4.78 is 5.63. The summed E-state index contributed by atoms with van der Waals surface area (Å²) in [5.41, 5.74) is 1.04. The smallest absolute Gasteiger partial charge is 0.134 e.